The van der Waals surface area contributed by atoms with E-state index in [9.17, 15) is 4.79 Å². The first-order valence-corrected chi connectivity index (χ1v) is 10.2. The van der Waals surface area contributed by atoms with Crippen LogP contribution < -0.4 is 18.9 Å². The predicted octanol–water partition coefficient (Wildman–Crippen LogP) is 4.07. The van der Waals surface area contributed by atoms with Crippen LogP contribution in [0.3, 0.4) is 0 Å². The molecule has 0 aliphatic carbocycles. The zero-order valence-electron chi connectivity index (χ0n) is 17.8. The minimum Gasteiger partial charge on any atom is -0.493 e. The van der Waals surface area contributed by atoms with Crippen molar-refractivity contribution in [1.29, 1.82) is 0 Å². The maximum Gasteiger partial charge on any atom is 0.231 e. The van der Waals surface area contributed by atoms with Gasteiger partial charge in [0.1, 0.15) is 18.2 Å². The molecular formula is C25H22N2O5. The zero-order valence-corrected chi connectivity index (χ0v) is 17.8. The highest BCUT2D eigenvalue weighted by molar-refractivity contribution is 6.15. The van der Waals surface area contributed by atoms with Crippen molar-refractivity contribution in [3.63, 3.8) is 0 Å². The van der Waals surface area contributed by atoms with E-state index in [1.165, 1.54) is 0 Å². The van der Waals surface area contributed by atoms with Gasteiger partial charge in [0.2, 0.25) is 5.78 Å². The second kappa shape index (κ2) is 8.36. The molecule has 7 heteroatoms. The number of fused-ring (bicyclic) bond motifs is 3. The molecule has 2 aromatic carbocycles. The number of allylic oxidation sites excluding steroid dienone is 1. The number of Topliss-reactive ketones (excluding diaryl/α,β-unsaturated/α-hetero) is 1. The minimum absolute atomic E-state index is 0.172. The summed E-state index contributed by atoms with van der Waals surface area (Å²) in [6.45, 7) is 1.68. The lowest BCUT2D eigenvalue weighted by Gasteiger charge is -2.29. The fraction of sp³-hybridized carbons (Fsp3) is 0.200. The molecule has 0 unspecified atom stereocenters. The molecule has 3 heterocycles. The quantitative estimate of drug-likeness (QED) is 0.565. The Bertz CT molecular complexity index is 1210. The van der Waals surface area contributed by atoms with Gasteiger partial charge in [-0.05, 0) is 36.4 Å². The van der Waals surface area contributed by atoms with Gasteiger partial charge in [-0.3, -0.25) is 14.7 Å². The number of carbonyl (C=O) groups excluding carboxylic acids is 1. The summed E-state index contributed by atoms with van der Waals surface area (Å²) in [5.41, 5.74) is 3.04. The molecule has 0 bridgehead atoms. The lowest BCUT2D eigenvalue weighted by atomic mass is 10.0. The van der Waals surface area contributed by atoms with Gasteiger partial charge in [-0.25, -0.2) is 0 Å². The summed E-state index contributed by atoms with van der Waals surface area (Å²) in [6, 6.07) is 14.9. The molecule has 2 aliphatic heterocycles. The summed E-state index contributed by atoms with van der Waals surface area (Å²) < 4.78 is 22.9. The highest BCUT2D eigenvalue weighted by Crippen LogP contribution is 2.43. The van der Waals surface area contributed by atoms with E-state index in [0.29, 0.717) is 48.2 Å². The molecule has 162 valence electrons. The topological polar surface area (TPSA) is 70.1 Å². The summed E-state index contributed by atoms with van der Waals surface area (Å²) in [5.74, 6) is 2.47. The number of hydrogen-bond acceptors (Lipinski definition) is 7. The summed E-state index contributed by atoms with van der Waals surface area (Å²) in [4.78, 5) is 19.6. The fourth-order valence-electron chi connectivity index (χ4n) is 3.99. The highest BCUT2D eigenvalue weighted by Gasteiger charge is 2.34. The number of para-hydroxylation sites is 1. The predicted molar refractivity (Wildman–Crippen MR) is 118 cm³/mol. The Morgan fingerprint density at radius 1 is 1.09 bits per heavy atom. The van der Waals surface area contributed by atoms with Crippen LogP contribution in [0.1, 0.15) is 27.2 Å². The molecule has 0 radical (unpaired) electrons. The van der Waals surface area contributed by atoms with Gasteiger partial charge in [-0.15, -0.1) is 0 Å². The Morgan fingerprint density at radius 3 is 2.78 bits per heavy atom. The first-order valence-electron chi connectivity index (χ1n) is 10.2. The summed E-state index contributed by atoms with van der Waals surface area (Å²) in [5, 5.41) is 0. The van der Waals surface area contributed by atoms with E-state index in [2.05, 4.69) is 9.88 Å². The van der Waals surface area contributed by atoms with Crippen LogP contribution in [0, 0.1) is 0 Å². The van der Waals surface area contributed by atoms with E-state index in [4.69, 9.17) is 18.9 Å². The van der Waals surface area contributed by atoms with Crippen LogP contribution in [0.4, 0.5) is 0 Å². The molecule has 0 saturated heterocycles. The Labute approximate surface area is 185 Å². The molecule has 1 aromatic heterocycles. The molecule has 2 aliphatic rings. The number of methoxy groups -OCH3 is 2. The van der Waals surface area contributed by atoms with Gasteiger partial charge in [0.15, 0.2) is 17.3 Å². The maximum atomic E-state index is 13.1. The van der Waals surface area contributed by atoms with Gasteiger partial charge < -0.3 is 18.9 Å². The first-order chi connectivity index (χ1) is 15.7. The number of rotatable bonds is 5. The van der Waals surface area contributed by atoms with Crippen LogP contribution in [0.5, 0.6) is 23.0 Å². The van der Waals surface area contributed by atoms with E-state index in [0.717, 1.165) is 17.0 Å². The van der Waals surface area contributed by atoms with Crippen molar-refractivity contribution in [3.8, 4) is 23.0 Å². The average Bonchev–Trinajstić information content (AvgIpc) is 3.15. The Hall–Kier alpha value is -3.84. The molecule has 0 atom stereocenters. The van der Waals surface area contributed by atoms with Crippen molar-refractivity contribution in [2.45, 2.75) is 13.1 Å². The number of ketones is 1. The minimum atomic E-state index is -0.172. The highest BCUT2D eigenvalue weighted by atomic mass is 16.5. The van der Waals surface area contributed by atoms with E-state index in [1.54, 1.807) is 38.6 Å². The number of ether oxygens (including phenoxy) is 4. The van der Waals surface area contributed by atoms with Crippen molar-refractivity contribution < 1.29 is 23.7 Å². The van der Waals surface area contributed by atoms with Gasteiger partial charge >= 0.3 is 0 Å². The Kier molecular flexibility index (Phi) is 5.25. The number of carbonyl (C=O) groups is 1. The number of nitrogens with zero attached hydrogens (tertiary/aromatic N) is 2. The van der Waals surface area contributed by atoms with Gasteiger partial charge in [-0.2, -0.15) is 0 Å². The van der Waals surface area contributed by atoms with Crippen LogP contribution in [-0.4, -0.2) is 36.6 Å². The molecule has 3 aromatic rings. The van der Waals surface area contributed by atoms with Gasteiger partial charge in [0.05, 0.1) is 31.0 Å². The molecule has 0 N–H and O–H groups in total. The van der Waals surface area contributed by atoms with Gasteiger partial charge in [0.25, 0.3) is 0 Å². The zero-order chi connectivity index (χ0) is 22.1. The molecule has 0 saturated carbocycles. The van der Waals surface area contributed by atoms with Crippen molar-refractivity contribution in [2.75, 3.05) is 21.0 Å². The van der Waals surface area contributed by atoms with Crippen molar-refractivity contribution in [1.82, 2.24) is 9.88 Å². The third-order valence-electron chi connectivity index (χ3n) is 5.51. The standard InChI is InChI=1S/C25H22N2O5/c1-29-21-8-5-6-16(24(21)30-2)12-22-23(28)18-9-10-20-19(25(18)32-22)14-27(15-31-20)13-17-7-3-4-11-26-17/h3-12H,13-15H2,1-2H3/b22-12-. The van der Waals surface area contributed by atoms with Crippen molar-refractivity contribution in [3.05, 3.63) is 82.9 Å². The lowest BCUT2D eigenvalue weighted by Crippen LogP contribution is -2.32. The summed E-state index contributed by atoms with van der Waals surface area (Å²) in [7, 11) is 3.14. The van der Waals surface area contributed by atoms with Crippen LogP contribution in [0.15, 0.2) is 60.5 Å². The normalized spacial score (nSPS) is 16.2. The van der Waals surface area contributed by atoms with E-state index in [-0.39, 0.29) is 11.5 Å². The molecule has 0 amide bonds. The number of aromatic nitrogens is 1. The SMILES string of the molecule is COc1cccc(/C=C2\Oc3c(ccc4c3CN(Cc3ccccn3)CO4)C2=O)c1OC. The van der Waals surface area contributed by atoms with Crippen molar-refractivity contribution in [2.24, 2.45) is 0 Å². The average molecular weight is 430 g/mol. The monoisotopic (exact) mass is 430 g/mol. The maximum absolute atomic E-state index is 13.1. The number of benzene rings is 2. The molecule has 0 fully saturated rings. The van der Waals surface area contributed by atoms with Gasteiger partial charge in [0, 0.05) is 24.8 Å². The third kappa shape index (κ3) is 3.56. The van der Waals surface area contributed by atoms with E-state index < -0.39 is 0 Å². The van der Waals surface area contributed by atoms with Crippen LogP contribution in [0.2, 0.25) is 0 Å². The van der Waals surface area contributed by atoms with E-state index in [1.807, 2.05) is 36.4 Å². The van der Waals surface area contributed by atoms with Crippen LogP contribution in [0.25, 0.3) is 6.08 Å². The van der Waals surface area contributed by atoms with Crippen LogP contribution >= 0.6 is 0 Å². The second-order valence-electron chi connectivity index (χ2n) is 7.52. The van der Waals surface area contributed by atoms with E-state index >= 15 is 0 Å². The molecule has 7 nitrogen and oxygen atoms in total. The summed E-state index contributed by atoms with van der Waals surface area (Å²) in [6.07, 6.45) is 3.46. The third-order valence-corrected chi connectivity index (χ3v) is 5.51. The van der Waals surface area contributed by atoms with Gasteiger partial charge in [-0.1, -0.05) is 18.2 Å². The Morgan fingerprint density at radius 2 is 2.00 bits per heavy atom. The Balaban J connectivity index is 1.45. The first kappa shape index (κ1) is 20.1. The smallest absolute Gasteiger partial charge is 0.231 e. The molecule has 32 heavy (non-hydrogen) atoms. The number of pyridine rings is 1. The largest absolute Gasteiger partial charge is 0.493 e. The molecular weight excluding hydrogens is 408 g/mol. The van der Waals surface area contributed by atoms with Crippen molar-refractivity contribution >= 4 is 11.9 Å². The fourth-order valence-corrected chi connectivity index (χ4v) is 3.99. The second-order valence-corrected chi connectivity index (χ2v) is 7.52. The molecule has 5 rings (SSSR count). The lowest BCUT2D eigenvalue weighted by molar-refractivity contribution is 0.0861. The summed E-state index contributed by atoms with van der Waals surface area (Å²) >= 11 is 0. The number of hydrogen-bond donors (Lipinski definition) is 0. The van der Waals surface area contributed by atoms with Crippen LogP contribution in [-0.2, 0) is 13.1 Å². The molecule has 0 spiro atoms.